The zero-order chi connectivity index (χ0) is 8.23. The van der Waals surface area contributed by atoms with E-state index in [1.165, 1.54) is 0 Å². The van der Waals surface area contributed by atoms with E-state index in [1.807, 2.05) is 24.3 Å². The van der Waals surface area contributed by atoms with Crippen molar-refractivity contribution < 1.29 is 0 Å². The number of rotatable bonds is 1. The van der Waals surface area contributed by atoms with Crippen molar-refractivity contribution in [1.29, 1.82) is 0 Å². The monoisotopic (exact) mass is 158 g/mol. The van der Waals surface area contributed by atoms with Crippen molar-refractivity contribution in [1.82, 2.24) is 20.4 Å². The van der Waals surface area contributed by atoms with Crippen LogP contribution in [-0.4, -0.2) is 20.4 Å². The highest BCUT2D eigenvalue weighted by atomic mass is 15.1. The zero-order valence-electron chi connectivity index (χ0n) is 6.25. The molecule has 2 aromatic heterocycles. The second-order valence-electron chi connectivity index (χ2n) is 2.22. The molecule has 0 N–H and O–H groups in total. The summed E-state index contributed by atoms with van der Waals surface area (Å²) in [7, 11) is 0. The van der Waals surface area contributed by atoms with E-state index in [0.717, 1.165) is 11.4 Å². The SMILES string of the molecule is c1cnnc(-c2cccnn2)c1. The lowest BCUT2D eigenvalue weighted by Gasteiger charge is -1.94. The quantitative estimate of drug-likeness (QED) is 0.619. The first-order valence-electron chi connectivity index (χ1n) is 3.52. The molecule has 2 rings (SSSR count). The molecule has 58 valence electrons. The summed E-state index contributed by atoms with van der Waals surface area (Å²) in [5, 5.41) is 15.3. The molecule has 0 unspecified atom stereocenters. The summed E-state index contributed by atoms with van der Waals surface area (Å²) in [4.78, 5) is 0. The largest absolute Gasteiger partial charge is 0.158 e. The number of hydrogen-bond acceptors (Lipinski definition) is 4. The Labute approximate surface area is 69.3 Å². The maximum absolute atomic E-state index is 3.90. The molecule has 0 aliphatic carbocycles. The Hall–Kier alpha value is -1.84. The fraction of sp³-hybridized carbons (Fsp3) is 0. The van der Waals surface area contributed by atoms with Crippen molar-refractivity contribution in [3.05, 3.63) is 36.7 Å². The fourth-order valence-corrected chi connectivity index (χ4v) is 0.876. The molecule has 0 amide bonds. The van der Waals surface area contributed by atoms with Crippen LogP contribution in [0, 0.1) is 0 Å². The number of nitrogens with zero attached hydrogens (tertiary/aromatic N) is 4. The van der Waals surface area contributed by atoms with E-state index in [9.17, 15) is 0 Å². The molecule has 4 nitrogen and oxygen atoms in total. The summed E-state index contributed by atoms with van der Waals surface area (Å²) < 4.78 is 0. The van der Waals surface area contributed by atoms with Crippen molar-refractivity contribution in [3.63, 3.8) is 0 Å². The molecule has 12 heavy (non-hydrogen) atoms. The van der Waals surface area contributed by atoms with Crippen molar-refractivity contribution in [3.8, 4) is 11.4 Å². The molecular formula is C8H6N4. The molecule has 4 heteroatoms. The van der Waals surface area contributed by atoms with Crippen LogP contribution in [0.5, 0.6) is 0 Å². The smallest absolute Gasteiger partial charge is 0.113 e. The molecule has 2 heterocycles. The topological polar surface area (TPSA) is 51.6 Å². The molecule has 0 aliphatic heterocycles. The highest BCUT2D eigenvalue weighted by molar-refractivity contribution is 5.51. The lowest BCUT2D eigenvalue weighted by molar-refractivity contribution is 0.989. The summed E-state index contributed by atoms with van der Waals surface area (Å²) in [6.45, 7) is 0. The molecule has 0 saturated carbocycles. The maximum atomic E-state index is 3.90. The highest BCUT2D eigenvalue weighted by Crippen LogP contribution is 2.08. The Morgan fingerprint density at radius 1 is 0.750 bits per heavy atom. The van der Waals surface area contributed by atoms with Crippen LogP contribution in [0.3, 0.4) is 0 Å². The van der Waals surface area contributed by atoms with Gasteiger partial charge in [0.05, 0.1) is 0 Å². The minimum Gasteiger partial charge on any atom is -0.158 e. The Morgan fingerprint density at radius 2 is 1.25 bits per heavy atom. The summed E-state index contributed by atoms with van der Waals surface area (Å²) >= 11 is 0. The minimum atomic E-state index is 0.741. The average molecular weight is 158 g/mol. The van der Waals surface area contributed by atoms with Crippen LogP contribution in [-0.2, 0) is 0 Å². The first kappa shape index (κ1) is 6.84. The predicted octanol–water partition coefficient (Wildman–Crippen LogP) is 0.934. The first-order chi connectivity index (χ1) is 5.97. The lowest BCUT2D eigenvalue weighted by atomic mass is 10.3. The van der Waals surface area contributed by atoms with Gasteiger partial charge in [-0.05, 0) is 24.3 Å². The van der Waals surface area contributed by atoms with Gasteiger partial charge in [0, 0.05) is 12.4 Å². The number of hydrogen-bond donors (Lipinski definition) is 0. The van der Waals surface area contributed by atoms with Gasteiger partial charge in [-0.25, -0.2) is 0 Å². The number of aromatic nitrogens is 4. The fourth-order valence-electron chi connectivity index (χ4n) is 0.876. The van der Waals surface area contributed by atoms with Crippen molar-refractivity contribution in [2.75, 3.05) is 0 Å². The summed E-state index contributed by atoms with van der Waals surface area (Å²) in [5.74, 6) is 0. The molecule has 0 atom stereocenters. The van der Waals surface area contributed by atoms with Gasteiger partial charge in [-0.15, -0.1) is 10.2 Å². The molecule has 0 radical (unpaired) electrons. The third-order valence-corrected chi connectivity index (χ3v) is 1.41. The van der Waals surface area contributed by atoms with Gasteiger partial charge in [0.15, 0.2) is 0 Å². The van der Waals surface area contributed by atoms with Crippen LogP contribution in [0.2, 0.25) is 0 Å². The Kier molecular flexibility index (Phi) is 1.74. The van der Waals surface area contributed by atoms with Crippen molar-refractivity contribution in [2.24, 2.45) is 0 Å². The Bertz CT molecular complexity index is 308. The van der Waals surface area contributed by atoms with Crippen LogP contribution in [0.15, 0.2) is 36.7 Å². The molecular weight excluding hydrogens is 152 g/mol. The van der Waals surface area contributed by atoms with E-state index >= 15 is 0 Å². The molecule has 2 aromatic rings. The maximum Gasteiger partial charge on any atom is 0.113 e. The lowest BCUT2D eigenvalue weighted by Crippen LogP contribution is -1.89. The molecule has 0 saturated heterocycles. The average Bonchev–Trinajstić information content (AvgIpc) is 2.21. The van der Waals surface area contributed by atoms with Gasteiger partial charge in [-0.3, -0.25) is 0 Å². The molecule has 0 fully saturated rings. The van der Waals surface area contributed by atoms with Crippen LogP contribution in [0.1, 0.15) is 0 Å². The minimum absolute atomic E-state index is 0.741. The van der Waals surface area contributed by atoms with Gasteiger partial charge in [0.25, 0.3) is 0 Å². The van der Waals surface area contributed by atoms with Crippen LogP contribution in [0.4, 0.5) is 0 Å². The summed E-state index contributed by atoms with van der Waals surface area (Å²) in [5.41, 5.74) is 1.48. The van der Waals surface area contributed by atoms with E-state index in [1.54, 1.807) is 12.4 Å². The van der Waals surface area contributed by atoms with Gasteiger partial charge in [0.2, 0.25) is 0 Å². The van der Waals surface area contributed by atoms with E-state index in [-0.39, 0.29) is 0 Å². The molecule has 0 aliphatic rings. The van der Waals surface area contributed by atoms with Crippen molar-refractivity contribution >= 4 is 0 Å². The third-order valence-electron chi connectivity index (χ3n) is 1.41. The van der Waals surface area contributed by atoms with E-state index in [2.05, 4.69) is 20.4 Å². The van der Waals surface area contributed by atoms with E-state index in [4.69, 9.17) is 0 Å². The predicted molar refractivity (Wildman–Crippen MR) is 43.1 cm³/mol. The third kappa shape index (κ3) is 1.27. The van der Waals surface area contributed by atoms with Crippen molar-refractivity contribution in [2.45, 2.75) is 0 Å². The van der Waals surface area contributed by atoms with Gasteiger partial charge < -0.3 is 0 Å². The zero-order valence-corrected chi connectivity index (χ0v) is 6.25. The van der Waals surface area contributed by atoms with Gasteiger partial charge >= 0.3 is 0 Å². The van der Waals surface area contributed by atoms with Crippen LogP contribution >= 0.6 is 0 Å². The van der Waals surface area contributed by atoms with Gasteiger partial charge in [-0.2, -0.15) is 10.2 Å². The van der Waals surface area contributed by atoms with E-state index in [0.29, 0.717) is 0 Å². The molecule has 0 aromatic carbocycles. The first-order valence-corrected chi connectivity index (χ1v) is 3.52. The normalized spacial score (nSPS) is 9.67. The Balaban J connectivity index is 2.46. The van der Waals surface area contributed by atoms with Gasteiger partial charge in [0.1, 0.15) is 11.4 Å². The molecule has 0 bridgehead atoms. The summed E-state index contributed by atoms with van der Waals surface area (Å²) in [6, 6.07) is 7.32. The standard InChI is InChI=1S/C8H6N4/c1-3-7(11-9-5-1)8-4-2-6-10-12-8/h1-6H. The van der Waals surface area contributed by atoms with E-state index < -0.39 is 0 Å². The van der Waals surface area contributed by atoms with Crippen LogP contribution in [0.25, 0.3) is 11.4 Å². The second-order valence-corrected chi connectivity index (χ2v) is 2.22. The Morgan fingerprint density at radius 3 is 1.58 bits per heavy atom. The van der Waals surface area contributed by atoms with Crippen LogP contribution < -0.4 is 0 Å². The second kappa shape index (κ2) is 3.04. The highest BCUT2D eigenvalue weighted by Gasteiger charge is 1.97. The molecule has 0 spiro atoms. The van der Waals surface area contributed by atoms with Gasteiger partial charge in [-0.1, -0.05) is 0 Å². The summed E-state index contributed by atoms with van der Waals surface area (Å²) in [6.07, 6.45) is 3.25.